The molecule has 2 unspecified atom stereocenters. The van der Waals surface area contributed by atoms with Crippen LogP contribution in [0.5, 0.6) is 5.75 Å². The number of nitrogens with zero attached hydrogens (tertiary/aromatic N) is 1. The van der Waals surface area contributed by atoms with Gasteiger partial charge in [0.15, 0.2) is 5.75 Å². The van der Waals surface area contributed by atoms with Gasteiger partial charge in [0, 0.05) is 6.54 Å². The standard InChI is InChI=1S/C15H19Cl2NO3/c1-10-4-3-7-18(13(10)15(19)20)8-9-21-14-11(16)5-2-6-12(14)17/h2,5-6,10,13H,3-4,7-9H2,1H3,(H,19,20). The molecule has 1 fully saturated rings. The molecule has 4 nitrogen and oxygen atoms in total. The molecule has 1 N–H and O–H groups in total. The average molecular weight is 332 g/mol. The molecular formula is C15H19Cl2NO3. The highest BCUT2D eigenvalue weighted by atomic mass is 35.5. The van der Waals surface area contributed by atoms with Gasteiger partial charge in [-0.1, -0.05) is 36.2 Å². The predicted octanol–water partition coefficient (Wildman–Crippen LogP) is 3.56. The minimum absolute atomic E-state index is 0.153. The monoisotopic (exact) mass is 331 g/mol. The summed E-state index contributed by atoms with van der Waals surface area (Å²) in [6.45, 7) is 3.67. The second kappa shape index (κ2) is 7.34. The van der Waals surface area contributed by atoms with Crippen molar-refractivity contribution in [2.75, 3.05) is 19.7 Å². The largest absolute Gasteiger partial charge is 0.489 e. The van der Waals surface area contributed by atoms with Crippen LogP contribution < -0.4 is 4.74 Å². The van der Waals surface area contributed by atoms with Crippen LogP contribution >= 0.6 is 23.2 Å². The number of aliphatic carboxylic acids is 1. The van der Waals surface area contributed by atoms with E-state index < -0.39 is 12.0 Å². The van der Waals surface area contributed by atoms with Gasteiger partial charge in [0.2, 0.25) is 0 Å². The molecule has 0 saturated carbocycles. The van der Waals surface area contributed by atoms with Gasteiger partial charge in [-0.15, -0.1) is 0 Å². The number of likely N-dealkylation sites (tertiary alicyclic amines) is 1. The van der Waals surface area contributed by atoms with E-state index in [-0.39, 0.29) is 5.92 Å². The number of carbonyl (C=O) groups is 1. The Morgan fingerprint density at radius 3 is 2.71 bits per heavy atom. The highest BCUT2D eigenvalue weighted by molar-refractivity contribution is 6.37. The number of halogens is 2. The molecule has 1 aliphatic heterocycles. The molecule has 1 heterocycles. The van der Waals surface area contributed by atoms with Gasteiger partial charge in [0.25, 0.3) is 0 Å². The van der Waals surface area contributed by atoms with E-state index in [1.807, 2.05) is 11.8 Å². The molecule has 1 aliphatic rings. The van der Waals surface area contributed by atoms with Crippen LogP contribution in [0.2, 0.25) is 10.0 Å². The lowest BCUT2D eigenvalue weighted by atomic mass is 9.91. The highest BCUT2D eigenvalue weighted by Crippen LogP contribution is 2.32. The quantitative estimate of drug-likeness (QED) is 0.896. The van der Waals surface area contributed by atoms with Crippen molar-refractivity contribution >= 4 is 29.2 Å². The first-order valence-electron chi connectivity index (χ1n) is 7.04. The number of ether oxygens (including phenoxy) is 1. The van der Waals surface area contributed by atoms with Crippen molar-refractivity contribution in [2.24, 2.45) is 5.92 Å². The fourth-order valence-corrected chi connectivity index (χ4v) is 3.32. The molecule has 0 radical (unpaired) electrons. The van der Waals surface area contributed by atoms with E-state index in [2.05, 4.69) is 0 Å². The second-order valence-corrected chi connectivity index (χ2v) is 6.15. The zero-order chi connectivity index (χ0) is 15.4. The maximum Gasteiger partial charge on any atom is 0.321 e. The van der Waals surface area contributed by atoms with E-state index in [1.165, 1.54) is 0 Å². The van der Waals surface area contributed by atoms with Crippen LogP contribution in [0.15, 0.2) is 18.2 Å². The van der Waals surface area contributed by atoms with Crippen LogP contribution in [0.3, 0.4) is 0 Å². The first-order chi connectivity index (χ1) is 10.0. The Kier molecular flexibility index (Phi) is 5.73. The highest BCUT2D eigenvalue weighted by Gasteiger charge is 2.33. The number of carboxylic acids is 1. The maximum atomic E-state index is 11.4. The first-order valence-corrected chi connectivity index (χ1v) is 7.80. The van der Waals surface area contributed by atoms with Crippen LogP contribution in [0.4, 0.5) is 0 Å². The number of para-hydroxylation sites is 1. The summed E-state index contributed by atoms with van der Waals surface area (Å²) in [5.74, 6) is -0.157. The van der Waals surface area contributed by atoms with Crippen LogP contribution in [-0.2, 0) is 4.79 Å². The minimum Gasteiger partial charge on any atom is -0.489 e. The summed E-state index contributed by atoms with van der Waals surface area (Å²) in [4.78, 5) is 13.4. The van der Waals surface area contributed by atoms with Crippen molar-refractivity contribution in [3.05, 3.63) is 28.2 Å². The van der Waals surface area contributed by atoms with E-state index in [0.717, 1.165) is 19.4 Å². The lowest BCUT2D eigenvalue weighted by Crippen LogP contribution is -2.50. The normalized spacial score (nSPS) is 23.0. The molecule has 2 atom stereocenters. The van der Waals surface area contributed by atoms with Gasteiger partial charge in [-0.3, -0.25) is 9.69 Å². The summed E-state index contributed by atoms with van der Waals surface area (Å²) in [6, 6.07) is 4.74. The van der Waals surface area contributed by atoms with Crippen molar-refractivity contribution in [1.82, 2.24) is 4.90 Å². The molecule has 116 valence electrons. The van der Waals surface area contributed by atoms with Crippen molar-refractivity contribution < 1.29 is 14.6 Å². The number of piperidine rings is 1. The Bertz CT molecular complexity index is 489. The lowest BCUT2D eigenvalue weighted by Gasteiger charge is -2.37. The molecular weight excluding hydrogens is 313 g/mol. The van der Waals surface area contributed by atoms with E-state index in [9.17, 15) is 9.90 Å². The summed E-state index contributed by atoms with van der Waals surface area (Å²) >= 11 is 12.1. The van der Waals surface area contributed by atoms with Crippen LogP contribution in [-0.4, -0.2) is 41.7 Å². The smallest absolute Gasteiger partial charge is 0.321 e. The van der Waals surface area contributed by atoms with E-state index >= 15 is 0 Å². The number of rotatable bonds is 5. The Morgan fingerprint density at radius 1 is 1.43 bits per heavy atom. The molecule has 0 amide bonds. The molecule has 2 rings (SSSR count). The maximum absolute atomic E-state index is 11.4. The lowest BCUT2D eigenvalue weighted by molar-refractivity contribution is -0.147. The molecule has 21 heavy (non-hydrogen) atoms. The number of carboxylic acid groups (broad SMARTS) is 1. The van der Waals surface area contributed by atoms with Crippen LogP contribution in [0.1, 0.15) is 19.8 Å². The Morgan fingerprint density at radius 2 is 2.10 bits per heavy atom. The minimum atomic E-state index is -0.766. The van der Waals surface area contributed by atoms with Crippen molar-refractivity contribution in [1.29, 1.82) is 0 Å². The fourth-order valence-electron chi connectivity index (χ4n) is 2.81. The van der Waals surface area contributed by atoms with E-state index in [4.69, 9.17) is 27.9 Å². The van der Waals surface area contributed by atoms with Gasteiger partial charge in [-0.25, -0.2) is 0 Å². The average Bonchev–Trinajstić information content (AvgIpc) is 2.41. The third-order valence-corrected chi connectivity index (χ3v) is 4.43. The van der Waals surface area contributed by atoms with Gasteiger partial charge < -0.3 is 9.84 Å². The summed E-state index contributed by atoms with van der Waals surface area (Å²) in [5.41, 5.74) is 0. The molecule has 1 aromatic carbocycles. The molecule has 0 spiro atoms. The predicted molar refractivity (Wildman–Crippen MR) is 83.4 cm³/mol. The summed E-state index contributed by atoms with van der Waals surface area (Å²) in [6.07, 6.45) is 1.96. The summed E-state index contributed by atoms with van der Waals surface area (Å²) < 4.78 is 5.64. The van der Waals surface area contributed by atoms with Gasteiger partial charge in [0.05, 0.1) is 10.0 Å². The van der Waals surface area contributed by atoms with Crippen molar-refractivity contribution in [3.8, 4) is 5.75 Å². The van der Waals surface area contributed by atoms with Crippen LogP contribution in [0.25, 0.3) is 0 Å². The SMILES string of the molecule is CC1CCCN(CCOc2c(Cl)cccc2Cl)C1C(=O)O. The Balaban J connectivity index is 1.94. The molecule has 0 aliphatic carbocycles. The molecule has 1 aromatic rings. The van der Waals surface area contributed by atoms with Crippen molar-refractivity contribution in [2.45, 2.75) is 25.8 Å². The van der Waals surface area contributed by atoms with E-state index in [1.54, 1.807) is 18.2 Å². The fraction of sp³-hybridized carbons (Fsp3) is 0.533. The summed E-state index contributed by atoms with van der Waals surface area (Å²) in [7, 11) is 0. The molecule has 1 saturated heterocycles. The zero-order valence-electron chi connectivity index (χ0n) is 11.9. The third kappa shape index (κ3) is 4.02. The third-order valence-electron chi connectivity index (χ3n) is 3.83. The van der Waals surface area contributed by atoms with Crippen molar-refractivity contribution in [3.63, 3.8) is 0 Å². The number of hydrogen-bond donors (Lipinski definition) is 1. The number of benzene rings is 1. The first kappa shape index (κ1) is 16.4. The van der Waals surface area contributed by atoms with Crippen LogP contribution in [0, 0.1) is 5.92 Å². The number of hydrogen-bond acceptors (Lipinski definition) is 3. The second-order valence-electron chi connectivity index (χ2n) is 5.34. The molecule has 0 aromatic heterocycles. The molecule has 0 bridgehead atoms. The topological polar surface area (TPSA) is 49.8 Å². The Hall–Kier alpha value is -0.970. The van der Waals surface area contributed by atoms with E-state index in [0.29, 0.717) is 28.9 Å². The summed E-state index contributed by atoms with van der Waals surface area (Å²) in [5, 5.41) is 10.3. The van der Waals surface area contributed by atoms with Gasteiger partial charge in [0.1, 0.15) is 12.6 Å². The Labute approximate surface area is 134 Å². The molecule has 6 heteroatoms. The van der Waals surface area contributed by atoms with Gasteiger partial charge >= 0.3 is 5.97 Å². The van der Waals surface area contributed by atoms with Gasteiger partial charge in [-0.05, 0) is 37.4 Å². The van der Waals surface area contributed by atoms with Gasteiger partial charge in [-0.2, -0.15) is 0 Å². The zero-order valence-corrected chi connectivity index (χ0v) is 13.4.